The Morgan fingerprint density at radius 2 is 1.75 bits per heavy atom. The van der Waals surface area contributed by atoms with E-state index >= 15 is 0 Å². The number of phenolic OH excluding ortho intramolecular Hbond substituents is 1. The molecule has 0 bridgehead atoms. The van der Waals surface area contributed by atoms with Gasteiger partial charge in [-0.2, -0.15) is 0 Å². The van der Waals surface area contributed by atoms with Crippen LogP contribution in [0.5, 0.6) is 5.75 Å². The Morgan fingerprint density at radius 3 is 2.40 bits per heavy atom. The molecule has 0 spiro atoms. The van der Waals surface area contributed by atoms with Crippen LogP contribution in [0.15, 0.2) is 54.6 Å². The van der Waals surface area contributed by atoms with Gasteiger partial charge in [0.25, 0.3) is 0 Å². The molecule has 1 N–H and O–H groups in total. The van der Waals surface area contributed by atoms with Crippen LogP contribution in [0.4, 0.5) is 0 Å². The number of benzene rings is 2. The van der Waals surface area contributed by atoms with Gasteiger partial charge in [0, 0.05) is 5.56 Å². The first-order valence-electron chi connectivity index (χ1n) is 6.19. The lowest BCUT2D eigenvalue weighted by Gasteiger charge is -2.02. The molecule has 3 nitrogen and oxygen atoms in total. The fraction of sp³-hybridized carbons (Fsp3) is 0.0588. The second kappa shape index (κ2) is 5.97. The molecule has 0 aliphatic heterocycles. The van der Waals surface area contributed by atoms with Crippen molar-refractivity contribution in [1.82, 2.24) is 0 Å². The first-order chi connectivity index (χ1) is 9.58. The number of carbonyl (C=O) groups excluding carboxylic acids is 2. The lowest BCUT2D eigenvalue weighted by atomic mass is 10.0. The van der Waals surface area contributed by atoms with E-state index < -0.39 is 0 Å². The number of Topliss-reactive ketones (excluding diaryl/α,β-unsaturated/α-hetero) is 1. The van der Waals surface area contributed by atoms with Gasteiger partial charge in [-0.25, -0.2) is 0 Å². The van der Waals surface area contributed by atoms with Crippen molar-refractivity contribution in [3.05, 3.63) is 71.3 Å². The van der Waals surface area contributed by atoms with Crippen molar-refractivity contribution >= 4 is 17.6 Å². The Morgan fingerprint density at radius 1 is 1.05 bits per heavy atom. The molecule has 0 aliphatic carbocycles. The summed E-state index contributed by atoms with van der Waals surface area (Å²) in [6, 6.07) is 13.7. The molecule has 0 radical (unpaired) electrons. The van der Waals surface area contributed by atoms with Crippen LogP contribution >= 0.6 is 0 Å². The zero-order valence-corrected chi connectivity index (χ0v) is 11.0. The van der Waals surface area contributed by atoms with Crippen LogP contribution in [0.3, 0.4) is 0 Å². The summed E-state index contributed by atoms with van der Waals surface area (Å²) >= 11 is 0. The number of rotatable bonds is 4. The third-order valence-corrected chi connectivity index (χ3v) is 2.89. The second-order valence-corrected chi connectivity index (χ2v) is 4.40. The van der Waals surface area contributed by atoms with Crippen molar-refractivity contribution in [2.45, 2.75) is 6.92 Å². The van der Waals surface area contributed by atoms with Gasteiger partial charge in [-0.3, -0.25) is 9.59 Å². The van der Waals surface area contributed by atoms with Crippen molar-refractivity contribution in [2.24, 2.45) is 0 Å². The van der Waals surface area contributed by atoms with E-state index in [0.29, 0.717) is 5.56 Å². The maximum Gasteiger partial charge on any atom is 0.185 e. The summed E-state index contributed by atoms with van der Waals surface area (Å²) < 4.78 is 0. The Balaban J connectivity index is 2.24. The van der Waals surface area contributed by atoms with Crippen molar-refractivity contribution in [2.75, 3.05) is 0 Å². The van der Waals surface area contributed by atoms with E-state index in [4.69, 9.17) is 0 Å². The van der Waals surface area contributed by atoms with E-state index in [0.717, 1.165) is 5.56 Å². The summed E-state index contributed by atoms with van der Waals surface area (Å²) in [6.07, 6.45) is 3.16. The van der Waals surface area contributed by atoms with Crippen molar-refractivity contribution in [3.8, 4) is 5.75 Å². The van der Waals surface area contributed by atoms with Crippen LogP contribution in [0.25, 0.3) is 6.08 Å². The molecule has 0 amide bonds. The van der Waals surface area contributed by atoms with E-state index in [1.54, 1.807) is 6.08 Å². The molecule has 0 saturated carbocycles. The number of aromatic hydroxyl groups is 1. The van der Waals surface area contributed by atoms with E-state index in [9.17, 15) is 14.7 Å². The number of ketones is 2. The van der Waals surface area contributed by atoms with Gasteiger partial charge in [-0.1, -0.05) is 36.4 Å². The van der Waals surface area contributed by atoms with Crippen LogP contribution in [0.2, 0.25) is 0 Å². The predicted octanol–water partition coefficient (Wildman–Crippen LogP) is 3.49. The fourth-order valence-corrected chi connectivity index (χ4v) is 1.80. The highest BCUT2D eigenvalue weighted by Crippen LogP contribution is 2.19. The molecule has 0 aromatic heterocycles. The third kappa shape index (κ3) is 3.20. The molecule has 20 heavy (non-hydrogen) atoms. The van der Waals surface area contributed by atoms with E-state index in [-0.39, 0.29) is 22.9 Å². The van der Waals surface area contributed by atoms with Gasteiger partial charge in [0.1, 0.15) is 5.75 Å². The SMILES string of the molecule is CC(=O)c1cc(C(=O)/C=C/c2ccccc2)ccc1O. The molecule has 0 atom stereocenters. The highest BCUT2D eigenvalue weighted by molar-refractivity contribution is 6.08. The summed E-state index contributed by atoms with van der Waals surface area (Å²) in [4.78, 5) is 23.4. The first-order valence-corrected chi connectivity index (χ1v) is 6.19. The summed E-state index contributed by atoms with van der Waals surface area (Å²) in [6.45, 7) is 1.35. The Labute approximate surface area is 117 Å². The van der Waals surface area contributed by atoms with E-state index in [2.05, 4.69) is 0 Å². The minimum Gasteiger partial charge on any atom is -0.507 e. The molecule has 2 rings (SSSR count). The summed E-state index contributed by atoms with van der Waals surface area (Å²) in [7, 11) is 0. The fourth-order valence-electron chi connectivity index (χ4n) is 1.80. The number of allylic oxidation sites excluding steroid dienone is 1. The van der Waals surface area contributed by atoms with Crippen molar-refractivity contribution in [1.29, 1.82) is 0 Å². The predicted molar refractivity (Wildman–Crippen MR) is 77.9 cm³/mol. The molecule has 0 heterocycles. The second-order valence-electron chi connectivity index (χ2n) is 4.40. The summed E-state index contributed by atoms with van der Waals surface area (Å²) in [5.74, 6) is -0.596. The number of carbonyl (C=O) groups is 2. The minimum atomic E-state index is -0.274. The smallest absolute Gasteiger partial charge is 0.185 e. The number of hydrogen-bond acceptors (Lipinski definition) is 3. The van der Waals surface area contributed by atoms with Crippen LogP contribution in [0.1, 0.15) is 33.2 Å². The topological polar surface area (TPSA) is 54.4 Å². The molecule has 2 aromatic carbocycles. The molecule has 0 fully saturated rings. The highest BCUT2D eigenvalue weighted by Gasteiger charge is 2.10. The normalized spacial score (nSPS) is 10.7. The molecule has 0 unspecified atom stereocenters. The standard InChI is InChI=1S/C17H14O3/c1-12(18)15-11-14(8-10-17(15)20)16(19)9-7-13-5-3-2-4-6-13/h2-11,20H,1H3/b9-7+. The van der Waals surface area contributed by atoms with Gasteiger partial charge < -0.3 is 5.11 Å². The molecular weight excluding hydrogens is 252 g/mol. The average molecular weight is 266 g/mol. The van der Waals surface area contributed by atoms with Gasteiger partial charge in [0.15, 0.2) is 11.6 Å². The molecule has 0 aliphatic rings. The molecular formula is C17H14O3. The lowest BCUT2D eigenvalue weighted by Crippen LogP contribution is -1.99. The number of phenols is 1. The highest BCUT2D eigenvalue weighted by atomic mass is 16.3. The average Bonchev–Trinajstić information content (AvgIpc) is 2.46. The Kier molecular flexibility index (Phi) is 4.11. The Hall–Kier alpha value is -2.68. The van der Waals surface area contributed by atoms with Crippen LogP contribution in [-0.2, 0) is 0 Å². The van der Waals surface area contributed by atoms with Crippen molar-refractivity contribution < 1.29 is 14.7 Å². The van der Waals surface area contributed by atoms with Gasteiger partial charge in [-0.05, 0) is 36.8 Å². The summed E-state index contributed by atoms with van der Waals surface area (Å²) in [5.41, 5.74) is 1.45. The molecule has 3 heteroatoms. The molecule has 0 saturated heterocycles. The molecule has 100 valence electrons. The van der Waals surface area contributed by atoms with Crippen LogP contribution in [0, 0.1) is 0 Å². The maximum absolute atomic E-state index is 12.0. The van der Waals surface area contributed by atoms with Gasteiger partial charge in [0.2, 0.25) is 0 Å². The van der Waals surface area contributed by atoms with Crippen molar-refractivity contribution in [3.63, 3.8) is 0 Å². The van der Waals surface area contributed by atoms with Gasteiger partial charge in [0.05, 0.1) is 5.56 Å². The molecule has 2 aromatic rings. The Bertz CT molecular complexity index is 670. The third-order valence-electron chi connectivity index (χ3n) is 2.89. The lowest BCUT2D eigenvalue weighted by molar-refractivity contribution is 0.101. The zero-order valence-electron chi connectivity index (χ0n) is 11.0. The maximum atomic E-state index is 12.0. The first kappa shape index (κ1) is 13.7. The zero-order chi connectivity index (χ0) is 14.5. The monoisotopic (exact) mass is 266 g/mol. The van der Waals surface area contributed by atoms with E-state index in [1.165, 1.54) is 31.2 Å². The largest absolute Gasteiger partial charge is 0.507 e. The quantitative estimate of drug-likeness (QED) is 0.680. The van der Waals surface area contributed by atoms with Gasteiger partial charge >= 0.3 is 0 Å². The van der Waals surface area contributed by atoms with Crippen LogP contribution in [-0.4, -0.2) is 16.7 Å². The summed E-state index contributed by atoms with van der Waals surface area (Å²) in [5, 5.41) is 9.54. The number of hydrogen-bond donors (Lipinski definition) is 1. The van der Waals surface area contributed by atoms with Gasteiger partial charge in [-0.15, -0.1) is 0 Å². The van der Waals surface area contributed by atoms with Crippen LogP contribution < -0.4 is 0 Å². The minimum absolute atomic E-state index is 0.110. The van der Waals surface area contributed by atoms with E-state index in [1.807, 2.05) is 30.3 Å².